The van der Waals surface area contributed by atoms with Gasteiger partial charge in [0.25, 0.3) is 0 Å². The number of carbonyl (C=O) groups excluding carboxylic acids is 2. The van der Waals surface area contributed by atoms with E-state index >= 15 is 0 Å². The zero-order valence-electron chi connectivity index (χ0n) is 13.6. The highest BCUT2D eigenvalue weighted by Crippen LogP contribution is 2.32. The molecule has 6 heteroatoms. The van der Waals surface area contributed by atoms with E-state index in [4.69, 9.17) is 4.74 Å². The number of carbonyl (C=O) groups is 2. The summed E-state index contributed by atoms with van der Waals surface area (Å²) < 4.78 is 5.22. The Morgan fingerprint density at radius 1 is 1.22 bits per heavy atom. The van der Waals surface area contributed by atoms with Crippen LogP contribution in [0.15, 0.2) is 30.3 Å². The third-order valence-corrected chi connectivity index (χ3v) is 4.72. The van der Waals surface area contributed by atoms with E-state index < -0.39 is 17.8 Å². The molecule has 1 amide bonds. The first-order valence-corrected chi connectivity index (χ1v) is 8.56. The van der Waals surface area contributed by atoms with Gasteiger partial charge >= 0.3 is 6.09 Å². The van der Waals surface area contributed by atoms with Crippen LogP contribution in [0.4, 0.5) is 4.79 Å². The molecule has 3 atom stereocenters. The van der Waals surface area contributed by atoms with Crippen molar-refractivity contribution in [2.75, 3.05) is 0 Å². The van der Waals surface area contributed by atoms with Crippen LogP contribution in [0.3, 0.4) is 0 Å². The predicted octanol–water partition coefficient (Wildman–Crippen LogP) is 2.98. The standard InChI is InChI=1S/C17H23NO4S/c1-17(2,3)22-16(21)18-12-9-13(19)14(10-12)23-15(20)11-7-5-4-6-8-11/h4-8,12-14,19H,9-10H2,1-3H3,(H,18,21)/t12-,13+,14+/m1/s1. The Kier molecular flexibility index (Phi) is 5.70. The predicted molar refractivity (Wildman–Crippen MR) is 90.6 cm³/mol. The van der Waals surface area contributed by atoms with Gasteiger partial charge in [-0.25, -0.2) is 4.79 Å². The number of thioether (sulfide) groups is 1. The van der Waals surface area contributed by atoms with Gasteiger partial charge in [-0.3, -0.25) is 4.79 Å². The van der Waals surface area contributed by atoms with Gasteiger partial charge in [-0.1, -0.05) is 42.1 Å². The summed E-state index contributed by atoms with van der Waals surface area (Å²) in [6.07, 6.45) is -0.134. The molecule has 2 rings (SSSR count). The van der Waals surface area contributed by atoms with E-state index in [1.165, 1.54) is 0 Å². The molecule has 0 spiro atoms. The van der Waals surface area contributed by atoms with Crippen molar-refractivity contribution < 1.29 is 19.4 Å². The number of nitrogens with one attached hydrogen (secondary N) is 1. The van der Waals surface area contributed by atoms with Crippen molar-refractivity contribution in [2.45, 2.75) is 56.6 Å². The van der Waals surface area contributed by atoms with E-state index in [-0.39, 0.29) is 16.4 Å². The summed E-state index contributed by atoms with van der Waals surface area (Å²) in [5.41, 5.74) is 0.0619. The fourth-order valence-electron chi connectivity index (χ4n) is 2.48. The van der Waals surface area contributed by atoms with Crippen molar-refractivity contribution in [1.29, 1.82) is 0 Å². The van der Waals surface area contributed by atoms with Crippen LogP contribution in [-0.4, -0.2) is 39.3 Å². The molecule has 0 aromatic heterocycles. The van der Waals surface area contributed by atoms with E-state index in [9.17, 15) is 14.7 Å². The first-order valence-electron chi connectivity index (χ1n) is 7.68. The molecule has 0 unspecified atom stereocenters. The number of alkyl carbamates (subject to hydrolysis) is 1. The zero-order chi connectivity index (χ0) is 17.0. The maximum atomic E-state index is 12.2. The molecule has 1 aromatic carbocycles. The molecule has 5 nitrogen and oxygen atoms in total. The Bertz CT molecular complexity index is 555. The highest BCUT2D eigenvalue weighted by Gasteiger charge is 2.36. The molecule has 0 aliphatic heterocycles. The molecular formula is C17H23NO4S. The fourth-order valence-corrected chi connectivity index (χ4v) is 3.62. The van der Waals surface area contributed by atoms with Crippen molar-refractivity contribution in [1.82, 2.24) is 5.32 Å². The summed E-state index contributed by atoms with van der Waals surface area (Å²) in [5, 5.41) is 12.6. The maximum absolute atomic E-state index is 12.2. The lowest BCUT2D eigenvalue weighted by atomic mass is 10.2. The summed E-state index contributed by atoms with van der Waals surface area (Å²) in [6, 6.07) is 8.81. The maximum Gasteiger partial charge on any atom is 0.407 e. The van der Waals surface area contributed by atoms with Crippen LogP contribution < -0.4 is 5.32 Å². The number of benzene rings is 1. The molecule has 0 saturated heterocycles. The van der Waals surface area contributed by atoms with Gasteiger partial charge in [0.1, 0.15) is 5.60 Å². The molecule has 126 valence electrons. The van der Waals surface area contributed by atoms with E-state index in [0.717, 1.165) is 11.8 Å². The monoisotopic (exact) mass is 337 g/mol. The minimum Gasteiger partial charge on any atom is -0.444 e. The van der Waals surface area contributed by atoms with Gasteiger partial charge in [0.15, 0.2) is 0 Å². The Hall–Kier alpha value is -1.53. The highest BCUT2D eigenvalue weighted by molar-refractivity contribution is 8.14. The number of hydrogen-bond acceptors (Lipinski definition) is 5. The Balaban J connectivity index is 1.86. The van der Waals surface area contributed by atoms with Gasteiger partial charge in [-0.05, 0) is 33.6 Å². The fraction of sp³-hybridized carbons (Fsp3) is 0.529. The van der Waals surface area contributed by atoms with Crippen LogP contribution >= 0.6 is 11.8 Å². The number of hydrogen-bond donors (Lipinski definition) is 2. The van der Waals surface area contributed by atoms with Crippen molar-refractivity contribution in [3.63, 3.8) is 0 Å². The number of ether oxygens (including phenoxy) is 1. The van der Waals surface area contributed by atoms with E-state index in [1.807, 2.05) is 18.2 Å². The Morgan fingerprint density at radius 2 is 1.87 bits per heavy atom. The van der Waals surface area contributed by atoms with Crippen LogP contribution in [0.25, 0.3) is 0 Å². The molecule has 0 heterocycles. The molecule has 1 aliphatic carbocycles. The molecular weight excluding hydrogens is 314 g/mol. The van der Waals surface area contributed by atoms with Crippen LogP contribution in [0.5, 0.6) is 0 Å². The average molecular weight is 337 g/mol. The van der Waals surface area contributed by atoms with Crippen molar-refractivity contribution in [3.05, 3.63) is 35.9 Å². The van der Waals surface area contributed by atoms with Gasteiger partial charge in [0.2, 0.25) is 5.12 Å². The Morgan fingerprint density at radius 3 is 2.48 bits per heavy atom. The van der Waals surface area contributed by atoms with Crippen molar-refractivity contribution >= 4 is 23.0 Å². The van der Waals surface area contributed by atoms with Crippen LogP contribution in [0, 0.1) is 0 Å². The summed E-state index contributed by atoms with van der Waals surface area (Å²) in [6.45, 7) is 5.40. The summed E-state index contributed by atoms with van der Waals surface area (Å²) in [5.74, 6) is 0. The first kappa shape index (κ1) is 17.8. The van der Waals surface area contributed by atoms with Gasteiger partial charge in [0, 0.05) is 16.9 Å². The Labute approximate surface area is 140 Å². The third-order valence-electron chi connectivity index (χ3n) is 3.46. The second-order valence-corrected chi connectivity index (χ2v) is 7.90. The van der Waals surface area contributed by atoms with Crippen LogP contribution in [-0.2, 0) is 4.74 Å². The number of aliphatic hydroxyl groups excluding tert-OH is 1. The molecule has 0 radical (unpaired) electrons. The van der Waals surface area contributed by atoms with E-state index in [2.05, 4.69) is 5.32 Å². The lowest BCUT2D eigenvalue weighted by Gasteiger charge is -2.21. The number of aliphatic hydroxyl groups is 1. The second kappa shape index (κ2) is 7.36. The molecule has 1 saturated carbocycles. The van der Waals surface area contributed by atoms with Gasteiger partial charge < -0.3 is 15.2 Å². The average Bonchev–Trinajstić information content (AvgIpc) is 2.77. The van der Waals surface area contributed by atoms with Crippen LogP contribution in [0.2, 0.25) is 0 Å². The van der Waals surface area contributed by atoms with E-state index in [0.29, 0.717) is 18.4 Å². The van der Waals surface area contributed by atoms with Gasteiger partial charge in [0.05, 0.1) is 6.10 Å². The zero-order valence-corrected chi connectivity index (χ0v) is 14.4. The minimum absolute atomic E-state index is 0.0624. The lowest BCUT2D eigenvalue weighted by molar-refractivity contribution is 0.0502. The first-order chi connectivity index (χ1) is 10.7. The minimum atomic E-state index is -0.618. The second-order valence-electron chi connectivity index (χ2n) is 6.69. The normalized spacial score (nSPS) is 24.3. The lowest BCUT2D eigenvalue weighted by Crippen LogP contribution is -2.38. The topological polar surface area (TPSA) is 75.6 Å². The summed E-state index contributed by atoms with van der Waals surface area (Å²) >= 11 is 1.13. The van der Waals surface area contributed by atoms with Crippen molar-refractivity contribution in [3.8, 4) is 0 Å². The highest BCUT2D eigenvalue weighted by atomic mass is 32.2. The van der Waals surface area contributed by atoms with Gasteiger partial charge in [-0.2, -0.15) is 0 Å². The quantitative estimate of drug-likeness (QED) is 0.887. The number of amides is 1. The third kappa shape index (κ3) is 5.55. The SMILES string of the molecule is CC(C)(C)OC(=O)N[C@H]1C[C@H](SC(=O)c2ccccc2)[C@@H](O)C1. The molecule has 1 fully saturated rings. The molecule has 1 aliphatic rings. The molecule has 23 heavy (non-hydrogen) atoms. The van der Waals surface area contributed by atoms with Gasteiger partial charge in [-0.15, -0.1) is 0 Å². The molecule has 1 aromatic rings. The smallest absolute Gasteiger partial charge is 0.407 e. The number of rotatable bonds is 3. The molecule has 2 N–H and O–H groups in total. The largest absolute Gasteiger partial charge is 0.444 e. The summed E-state index contributed by atoms with van der Waals surface area (Å²) in [7, 11) is 0. The van der Waals surface area contributed by atoms with E-state index in [1.54, 1.807) is 32.9 Å². The summed E-state index contributed by atoms with van der Waals surface area (Å²) in [4.78, 5) is 24.0. The molecule has 0 bridgehead atoms. The van der Waals surface area contributed by atoms with Crippen molar-refractivity contribution in [2.24, 2.45) is 0 Å². The van der Waals surface area contributed by atoms with Crippen LogP contribution in [0.1, 0.15) is 44.0 Å².